The number of nitro groups is 1. The van der Waals surface area contributed by atoms with Gasteiger partial charge in [0.2, 0.25) is 6.04 Å². The Balaban J connectivity index is 1.16. The van der Waals surface area contributed by atoms with Gasteiger partial charge in [-0.2, -0.15) is 0 Å². The maximum atomic E-state index is 12.8. The van der Waals surface area contributed by atoms with Crippen LogP contribution in [-0.4, -0.2) is 57.3 Å². The van der Waals surface area contributed by atoms with Crippen molar-refractivity contribution in [1.82, 2.24) is 0 Å². The van der Waals surface area contributed by atoms with Crippen LogP contribution in [0.5, 0.6) is 0 Å². The average Bonchev–Trinajstić information content (AvgIpc) is 2.94. The molecule has 0 spiro atoms. The van der Waals surface area contributed by atoms with E-state index in [4.69, 9.17) is 9.47 Å². The highest BCUT2D eigenvalue weighted by molar-refractivity contribution is 5.82. The van der Waals surface area contributed by atoms with Crippen molar-refractivity contribution in [1.29, 1.82) is 0 Å². The van der Waals surface area contributed by atoms with Crippen LogP contribution in [0.3, 0.4) is 0 Å². The molecule has 0 aromatic heterocycles. The highest BCUT2D eigenvalue weighted by atomic mass is 16.6. The molecular formula is C29H43NO10. The molecule has 0 heterocycles. The summed E-state index contributed by atoms with van der Waals surface area (Å²) < 4.78 is 11.5. The van der Waals surface area contributed by atoms with Crippen LogP contribution in [-0.2, 0) is 28.7 Å². The first-order chi connectivity index (χ1) is 19.1. The Hall–Kier alpha value is -2.72. The van der Waals surface area contributed by atoms with Gasteiger partial charge < -0.3 is 19.7 Å². The van der Waals surface area contributed by atoms with Gasteiger partial charge in [0, 0.05) is 17.8 Å². The van der Waals surface area contributed by atoms with Crippen molar-refractivity contribution in [3.05, 3.63) is 10.1 Å². The topological polar surface area (TPSA) is 170 Å². The van der Waals surface area contributed by atoms with Crippen molar-refractivity contribution in [2.24, 2.45) is 35.5 Å². The van der Waals surface area contributed by atoms with Crippen molar-refractivity contribution in [2.45, 2.75) is 121 Å². The van der Waals surface area contributed by atoms with Crippen LogP contribution in [0.15, 0.2) is 0 Å². The summed E-state index contributed by atoms with van der Waals surface area (Å²) >= 11 is 0. The molecule has 0 saturated heterocycles. The van der Waals surface area contributed by atoms with Gasteiger partial charge in [0.15, 0.2) is 0 Å². The number of carbonyl (C=O) groups is 4. The van der Waals surface area contributed by atoms with Gasteiger partial charge in [-0.3, -0.25) is 29.3 Å². The number of carbonyl (C=O) groups excluding carboxylic acids is 2. The van der Waals surface area contributed by atoms with E-state index in [1.54, 1.807) is 0 Å². The molecule has 0 amide bonds. The first kappa shape index (κ1) is 30.2. The fourth-order valence-corrected chi connectivity index (χ4v) is 7.55. The summed E-state index contributed by atoms with van der Waals surface area (Å²) in [5.74, 6) is -4.99. The maximum Gasteiger partial charge on any atom is 0.310 e. The minimum atomic E-state index is -1.10. The van der Waals surface area contributed by atoms with Crippen LogP contribution in [0, 0.1) is 45.6 Å². The van der Waals surface area contributed by atoms with E-state index in [-0.39, 0.29) is 37.4 Å². The molecule has 4 fully saturated rings. The minimum absolute atomic E-state index is 0.0864. The molecule has 0 radical (unpaired) electrons. The van der Waals surface area contributed by atoms with E-state index in [1.807, 2.05) is 0 Å². The predicted octanol–water partition coefficient (Wildman–Crippen LogP) is 4.62. The number of esters is 2. The summed E-state index contributed by atoms with van der Waals surface area (Å²) in [6.07, 6.45) is 10.4. The van der Waals surface area contributed by atoms with E-state index in [0.29, 0.717) is 37.5 Å². The SMILES string of the molecule is O=C(O)C1CCCCC1C(=O)OC1CCC(CC2CCC(OC(=O)C3CC([N+](=O)[O-])CCC3C(=O)O)CC2)CC1. The predicted molar refractivity (Wildman–Crippen MR) is 141 cm³/mol. The Morgan fingerprint density at radius 3 is 1.55 bits per heavy atom. The summed E-state index contributed by atoms with van der Waals surface area (Å²) in [6, 6.07) is -0.906. The smallest absolute Gasteiger partial charge is 0.310 e. The normalized spacial score (nSPS) is 36.6. The van der Waals surface area contributed by atoms with E-state index in [1.165, 1.54) is 0 Å². The van der Waals surface area contributed by atoms with E-state index in [9.17, 15) is 39.5 Å². The van der Waals surface area contributed by atoms with Crippen molar-refractivity contribution >= 4 is 23.9 Å². The zero-order chi connectivity index (χ0) is 28.8. The number of carboxylic acids is 2. The van der Waals surface area contributed by atoms with Gasteiger partial charge in [-0.15, -0.1) is 0 Å². The molecule has 0 aromatic carbocycles. The summed E-state index contributed by atoms with van der Waals surface area (Å²) in [5.41, 5.74) is 0. The van der Waals surface area contributed by atoms with Crippen molar-refractivity contribution < 1.29 is 43.8 Å². The third-order valence-corrected chi connectivity index (χ3v) is 9.95. The van der Waals surface area contributed by atoms with Crippen LogP contribution in [0.2, 0.25) is 0 Å². The molecule has 4 saturated carbocycles. The standard InChI is InChI=1S/C29H43NO10/c31-26(32)22-3-1-2-4-24(22)28(35)39-20-10-5-17(6-11-20)15-18-7-12-21(13-8-18)40-29(36)25-16-19(30(37)38)9-14-23(25)27(33)34/h17-25H,1-16H2,(H,31,32)(H,33,34). The molecule has 4 rings (SSSR count). The first-order valence-corrected chi connectivity index (χ1v) is 15.1. The van der Waals surface area contributed by atoms with Crippen molar-refractivity contribution in [2.75, 3.05) is 0 Å². The third kappa shape index (κ3) is 7.72. The lowest BCUT2D eigenvalue weighted by atomic mass is 9.76. The largest absolute Gasteiger partial charge is 0.481 e. The molecule has 2 N–H and O–H groups in total. The highest BCUT2D eigenvalue weighted by Crippen LogP contribution is 2.39. The summed E-state index contributed by atoms with van der Waals surface area (Å²) in [7, 11) is 0. The first-order valence-electron chi connectivity index (χ1n) is 15.1. The quantitative estimate of drug-likeness (QED) is 0.228. The fraction of sp³-hybridized carbons (Fsp3) is 0.862. The fourth-order valence-electron chi connectivity index (χ4n) is 7.55. The Morgan fingerprint density at radius 1 is 0.625 bits per heavy atom. The second-order valence-electron chi connectivity index (χ2n) is 12.5. The Bertz CT molecular complexity index is 937. The van der Waals surface area contributed by atoms with Crippen LogP contribution in [0.1, 0.15) is 103 Å². The molecule has 224 valence electrons. The molecule has 4 aliphatic carbocycles. The number of rotatable bonds is 9. The zero-order valence-electron chi connectivity index (χ0n) is 23.1. The van der Waals surface area contributed by atoms with Gasteiger partial charge in [-0.1, -0.05) is 12.8 Å². The molecule has 11 nitrogen and oxygen atoms in total. The summed E-state index contributed by atoms with van der Waals surface area (Å²) in [5, 5.41) is 30.2. The van der Waals surface area contributed by atoms with Gasteiger partial charge in [-0.25, -0.2) is 0 Å². The molecule has 0 bridgehead atoms. The lowest BCUT2D eigenvalue weighted by Gasteiger charge is -2.35. The third-order valence-electron chi connectivity index (χ3n) is 9.95. The van der Waals surface area contributed by atoms with E-state index in [0.717, 1.165) is 57.8 Å². The van der Waals surface area contributed by atoms with Crippen LogP contribution in [0.4, 0.5) is 0 Å². The van der Waals surface area contributed by atoms with Gasteiger partial charge in [0.1, 0.15) is 12.2 Å². The van der Waals surface area contributed by atoms with E-state index < -0.39 is 52.5 Å². The number of carboxylic acid groups (broad SMARTS) is 2. The molecule has 0 aromatic rings. The maximum absolute atomic E-state index is 12.8. The molecule has 11 heteroatoms. The average molecular weight is 566 g/mol. The van der Waals surface area contributed by atoms with Gasteiger partial charge in [-0.05, 0) is 88.9 Å². The van der Waals surface area contributed by atoms with E-state index >= 15 is 0 Å². The lowest BCUT2D eigenvalue weighted by Crippen LogP contribution is -2.42. The second-order valence-corrected chi connectivity index (χ2v) is 12.5. The van der Waals surface area contributed by atoms with Crippen LogP contribution < -0.4 is 0 Å². The van der Waals surface area contributed by atoms with Crippen LogP contribution >= 0.6 is 0 Å². The Labute approximate surface area is 234 Å². The molecule has 40 heavy (non-hydrogen) atoms. The number of aliphatic carboxylic acids is 2. The van der Waals surface area contributed by atoms with Gasteiger partial charge >= 0.3 is 23.9 Å². The number of nitrogens with zero attached hydrogens (tertiary/aromatic N) is 1. The minimum Gasteiger partial charge on any atom is -0.481 e. The van der Waals surface area contributed by atoms with Crippen LogP contribution in [0.25, 0.3) is 0 Å². The molecule has 0 aliphatic heterocycles. The summed E-state index contributed by atoms with van der Waals surface area (Å²) in [4.78, 5) is 59.5. The number of ether oxygens (including phenoxy) is 2. The number of hydrogen-bond donors (Lipinski definition) is 2. The van der Waals surface area contributed by atoms with E-state index in [2.05, 4.69) is 0 Å². The molecule has 5 atom stereocenters. The Kier molecular flexibility index (Phi) is 10.4. The zero-order valence-corrected chi connectivity index (χ0v) is 23.1. The molecular weight excluding hydrogens is 522 g/mol. The van der Waals surface area contributed by atoms with Crippen molar-refractivity contribution in [3.63, 3.8) is 0 Å². The highest BCUT2D eigenvalue weighted by Gasteiger charge is 2.45. The Morgan fingerprint density at radius 2 is 1.07 bits per heavy atom. The van der Waals surface area contributed by atoms with Gasteiger partial charge in [0.25, 0.3) is 0 Å². The second kappa shape index (κ2) is 13.8. The summed E-state index contributed by atoms with van der Waals surface area (Å²) in [6.45, 7) is 0. The van der Waals surface area contributed by atoms with Crippen molar-refractivity contribution in [3.8, 4) is 0 Å². The molecule has 5 unspecified atom stereocenters. The molecule has 4 aliphatic rings. The lowest BCUT2D eigenvalue weighted by molar-refractivity contribution is -0.528. The monoisotopic (exact) mass is 565 g/mol. The number of hydrogen-bond acceptors (Lipinski definition) is 8. The van der Waals surface area contributed by atoms with Gasteiger partial charge in [0.05, 0.1) is 23.7 Å².